The second kappa shape index (κ2) is 8.48. The number of aromatic nitrogens is 3. The summed E-state index contributed by atoms with van der Waals surface area (Å²) in [4.78, 5) is 36.9. The largest absolute Gasteiger partial charge is 0.356 e. The number of pyridine rings is 1. The standard InChI is InChI=1S/C26H25F2N5O2/c27-19-13-16-6-12-32(23(16)15-20(19)28)25(34)17-5-9-29-24(14-17)31-10-7-18(8-11-31)33-22-4-2-1-3-21(22)30-26(33)35/h1-5,9,13-14,18,20H,6-8,10-12,15H2,(H,30,35). The Morgan fingerprint density at radius 2 is 1.91 bits per heavy atom. The molecular weight excluding hydrogens is 452 g/mol. The van der Waals surface area contributed by atoms with E-state index in [-0.39, 0.29) is 24.1 Å². The fraction of sp³-hybridized carbons (Fsp3) is 0.346. The summed E-state index contributed by atoms with van der Waals surface area (Å²) in [5.74, 6) is -0.281. The molecule has 1 N–H and O–H groups in total. The van der Waals surface area contributed by atoms with E-state index in [1.165, 1.54) is 6.08 Å². The lowest BCUT2D eigenvalue weighted by Gasteiger charge is -2.33. The lowest BCUT2D eigenvalue weighted by atomic mass is 10.0. The number of imidazole rings is 1. The van der Waals surface area contributed by atoms with Gasteiger partial charge in [-0.3, -0.25) is 9.36 Å². The number of halogens is 2. The van der Waals surface area contributed by atoms with E-state index < -0.39 is 12.0 Å². The van der Waals surface area contributed by atoms with Crippen molar-refractivity contribution < 1.29 is 13.6 Å². The molecule has 1 saturated heterocycles. The van der Waals surface area contributed by atoms with Crippen molar-refractivity contribution in [2.75, 3.05) is 24.5 Å². The molecule has 3 aliphatic rings. The second-order valence-electron chi connectivity index (χ2n) is 9.32. The number of alkyl halides is 1. The second-order valence-corrected chi connectivity index (χ2v) is 9.32. The van der Waals surface area contributed by atoms with Crippen molar-refractivity contribution in [3.05, 3.63) is 81.8 Å². The van der Waals surface area contributed by atoms with Crippen molar-refractivity contribution in [3.8, 4) is 0 Å². The number of nitrogens with one attached hydrogen (secondary N) is 1. The molecule has 0 spiro atoms. The highest BCUT2D eigenvalue weighted by molar-refractivity contribution is 5.96. The zero-order valence-electron chi connectivity index (χ0n) is 19.1. The molecule has 3 aromatic rings. The number of fused-ring (bicyclic) bond motifs is 1. The minimum atomic E-state index is -1.69. The van der Waals surface area contributed by atoms with E-state index in [1.54, 1.807) is 23.2 Å². The summed E-state index contributed by atoms with van der Waals surface area (Å²) < 4.78 is 29.5. The Bertz CT molecular complexity index is 1430. The van der Waals surface area contributed by atoms with E-state index >= 15 is 0 Å². The number of H-pyrrole nitrogens is 1. The molecule has 1 atom stereocenters. The highest BCUT2D eigenvalue weighted by Gasteiger charge is 2.34. The molecule has 2 aromatic heterocycles. The van der Waals surface area contributed by atoms with Crippen LogP contribution in [-0.4, -0.2) is 51.1 Å². The number of allylic oxidation sites excluding steroid dienone is 3. The molecule has 1 amide bonds. The molecule has 1 aliphatic carbocycles. The number of amides is 1. The molecule has 1 unspecified atom stereocenters. The Morgan fingerprint density at radius 1 is 1.11 bits per heavy atom. The average molecular weight is 478 g/mol. The Labute approximate surface area is 200 Å². The molecular formula is C26H25F2N5O2. The molecule has 4 heterocycles. The van der Waals surface area contributed by atoms with Gasteiger partial charge in [-0.2, -0.15) is 0 Å². The smallest absolute Gasteiger partial charge is 0.326 e. The van der Waals surface area contributed by atoms with Gasteiger partial charge in [0, 0.05) is 49.6 Å². The summed E-state index contributed by atoms with van der Waals surface area (Å²) in [5, 5.41) is 0. The van der Waals surface area contributed by atoms with Gasteiger partial charge in [-0.05, 0) is 55.2 Å². The summed E-state index contributed by atoms with van der Waals surface area (Å²) in [5.41, 5.74) is 3.41. The molecule has 0 saturated carbocycles. The van der Waals surface area contributed by atoms with Crippen LogP contribution in [0.15, 0.2) is 70.6 Å². The summed E-state index contributed by atoms with van der Waals surface area (Å²) in [7, 11) is 0. The van der Waals surface area contributed by atoms with Gasteiger partial charge in [-0.15, -0.1) is 0 Å². The maximum absolute atomic E-state index is 14.0. The third kappa shape index (κ3) is 3.75. The predicted octanol–water partition coefficient (Wildman–Crippen LogP) is 4.26. The highest BCUT2D eigenvalue weighted by atomic mass is 19.2. The van der Waals surface area contributed by atoms with Gasteiger partial charge in [-0.1, -0.05) is 12.1 Å². The first-order valence-corrected chi connectivity index (χ1v) is 11.9. The van der Waals surface area contributed by atoms with Gasteiger partial charge in [0.1, 0.15) is 11.6 Å². The Kier molecular flexibility index (Phi) is 5.27. The van der Waals surface area contributed by atoms with Gasteiger partial charge in [0.2, 0.25) is 0 Å². The van der Waals surface area contributed by atoms with E-state index in [9.17, 15) is 18.4 Å². The van der Waals surface area contributed by atoms with Crippen LogP contribution >= 0.6 is 0 Å². The van der Waals surface area contributed by atoms with Gasteiger partial charge in [0.15, 0.2) is 6.17 Å². The summed E-state index contributed by atoms with van der Waals surface area (Å²) >= 11 is 0. The number of hydrogen-bond donors (Lipinski definition) is 1. The lowest BCUT2D eigenvalue weighted by molar-refractivity contribution is 0.0809. The molecule has 180 valence electrons. The molecule has 0 bridgehead atoms. The maximum atomic E-state index is 14.0. The van der Waals surface area contributed by atoms with Gasteiger partial charge in [-0.25, -0.2) is 18.6 Å². The average Bonchev–Trinajstić information content (AvgIpc) is 3.43. The predicted molar refractivity (Wildman–Crippen MR) is 129 cm³/mol. The normalized spacial score (nSPS) is 21.0. The van der Waals surface area contributed by atoms with E-state index in [4.69, 9.17) is 0 Å². The molecule has 6 rings (SSSR count). The SMILES string of the molecule is O=C(c1ccnc(N2CCC(n3c(=O)[nH]c4ccccc43)CC2)c1)N1CCC2=C1CC(F)C(F)=C2. The van der Waals surface area contributed by atoms with E-state index in [0.717, 1.165) is 23.9 Å². The zero-order valence-corrected chi connectivity index (χ0v) is 19.1. The number of para-hydroxylation sites is 2. The summed E-state index contributed by atoms with van der Waals surface area (Å²) in [6, 6.07) is 11.2. The topological polar surface area (TPSA) is 74.2 Å². The minimum absolute atomic E-state index is 0.0862. The molecule has 9 heteroatoms. The van der Waals surface area contributed by atoms with Gasteiger partial charge in [0.25, 0.3) is 5.91 Å². The molecule has 1 fully saturated rings. The van der Waals surface area contributed by atoms with Crippen LogP contribution in [0.3, 0.4) is 0 Å². The van der Waals surface area contributed by atoms with E-state index in [0.29, 0.717) is 48.7 Å². The van der Waals surface area contributed by atoms with Crippen molar-refractivity contribution >= 4 is 22.8 Å². The van der Waals surface area contributed by atoms with Crippen LogP contribution in [0.4, 0.5) is 14.6 Å². The highest BCUT2D eigenvalue weighted by Crippen LogP contribution is 2.36. The minimum Gasteiger partial charge on any atom is -0.356 e. The summed E-state index contributed by atoms with van der Waals surface area (Å²) in [6.07, 6.45) is 3.13. The molecule has 1 aromatic carbocycles. The van der Waals surface area contributed by atoms with E-state index in [2.05, 4.69) is 14.9 Å². The van der Waals surface area contributed by atoms with Gasteiger partial charge < -0.3 is 14.8 Å². The van der Waals surface area contributed by atoms with Crippen LogP contribution < -0.4 is 10.6 Å². The monoisotopic (exact) mass is 477 g/mol. The quantitative estimate of drug-likeness (QED) is 0.612. The first-order valence-electron chi connectivity index (χ1n) is 11.9. The molecule has 2 aliphatic heterocycles. The number of rotatable bonds is 3. The van der Waals surface area contributed by atoms with Gasteiger partial charge >= 0.3 is 5.69 Å². The maximum Gasteiger partial charge on any atom is 0.326 e. The Balaban J connectivity index is 1.18. The van der Waals surface area contributed by atoms with Crippen molar-refractivity contribution in [1.82, 2.24) is 19.4 Å². The van der Waals surface area contributed by atoms with Crippen LogP contribution in [0.2, 0.25) is 0 Å². The van der Waals surface area contributed by atoms with Crippen LogP contribution in [0.1, 0.15) is 42.1 Å². The molecule has 35 heavy (non-hydrogen) atoms. The first kappa shape index (κ1) is 21.8. The number of benzene rings is 1. The number of aromatic amines is 1. The number of carbonyl (C=O) groups excluding carboxylic acids is 1. The number of hydrogen-bond acceptors (Lipinski definition) is 4. The van der Waals surface area contributed by atoms with Crippen LogP contribution in [-0.2, 0) is 0 Å². The third-order valence-electron chi connectivity index (χ3n) is 7.30. The van der Waals surface area contributed by atoms with Crippen LogP contribution in [0, 0.1) is 0 Å². The van der Waals surface area contributed by atoms with Crippen molar-refractivity contribution in [2.24, 2.45) is 0 Å². The Morgan fingerprint density at radius 3 is 2.74 bits per heavy atom. The first-order chi connectivity index (χ1) is 17.0. The Hall–Kier alpha value is -3.75. The van der Waals surface area contributed by atoms with Crippen LogP contribution in [0.25, 0.3) is 11.0 Å². The van der Waals surface area contributed by atoms with Crippen molar-refractivity contribution in [2.45, 2.75) is 37.9 Å². The lowest BCUT2D eigenvalue weighted by Crippen LogP contribution is -2.37. The van der Waals surface area contributed by atoms with E-state index in [1.807, 2.05) is 28.8 Å². The number of piperidine rings is 1. The molecule has 0 radical (unpaired) electrons. The van der Waals surface area contributed by atoms with Crippen molar-refractivity contribution in [3.63, 3.8) is 0 Å². The summed E-state index contributed by atoms with van der Waals surface area (Å²) in [6.45, 7) is 1.82. The zero-order chi connectivity index (χ0) is 24.1. The fourth-order valence-electron chi connectivity index (χ4n) is 5.50. The van der Waals surface area contributed by atoms with Crippen LogP contribution in [0.5, 0.6) is 0 Å². The third-order valence-corrected chi connectivity index (χ3v) is 7.30. The number of anilines is 1. The fourth-order valence-corrected chi connectivity index (χ4v) is 5.50. The number of nitrogens with zero attached hydrogens (tertiary/aromatic N) is 4. The number of carbonyl (C=O) groups is 1. The molecule has 7 nitrogen and oxygen atoms in total. The van der Waals surface area contributed by atoms with Crippen molar-refractivity contribution in [1.29, 1.82) is 0 Å². The van der Waals surface area contributed by atoms with Gasteiger partial charge in [0.05, 0.1) is 11.0 Å².